The van der Waals surface area contributed by atoms with E-state index in [1.165, 1.54) is 5.56 Å². The van der Waals surface area contributed by atoms with E-state index >= 15 is 0 Å². The number of unbranched alkanes of at least 4 members (excludes halogenated alkanes) is 1. The van der Waals surface area contributed by atoms with Gasteiger partial charge in [-0.1, -0.05) is 24.3 Å². The van der Waals surface area contributed by atoms with Crippen molar-refractivity contribution in [1.29, 1.82) is 0 Å². The number of aryl methyl sites for hydroxylation is 1. The number of primary amides is 1. The van der Waals surface area contributed by atoms with Crippen LogP contribution in [0.25, 0.3) is 0 Å². The molecule has 0 aliphatic heterocycles. The van der Waals surface area contributed by atoms with Gasteiger partial charge in [-0.3, -0.25) is 9.59 Å². The highest BCUT2D eigenvalue weighted by molar-refractivity contribution is 6.00. The van der Waals surface area contributed by atoms with E-state index in [1.54, 1.807) is 18.2 Å². The van der Waals surface area contributed by atoms with Gasteiger partial charge in [0.05, 0.1) is 12.0 Å². The number of nitrogen functional groups attached to an aromatic ring is 2. The van der Waals surface area contributed by atoms with Gasteiger partial charge in [0.2, 0.25) is 5.91 Å². The SMILES string of the molecule is NC(=O)Cc1cccc(C(=O)NCCCCc2ccc(N)cc2)c1N. The molecule has 0 aromatic heterocycles. The number of rotatable bonds is 8. The number of nitrogens with one attached hydrogen (secondary N) is 1. The second-order valence-corrected chi connectivity index (χ2v) is 5.98. The Balaban J connectivity index is 1.80. The maximum atomic E-state index is 12.3. The summed E-state index contributed by atoms with van der Waals surface area (Å²) in [6, 6.07) is 12.8. The molecule has 0 radical (unpaired) electrons. The number of nitrogens with two attached hydrogens (primary N) is 3. The fourth-order valence-electron chi connectivity index (χ4n) is 2.59. The monoisotopic (exact) mass is 340 g/mol. The summed E-state index contributed by atoms with van der Waals surface area (Å²) >= 11 is 0. The van der Waals surface area contributed by atoms with Gasteiger partial charge in [0, 0.05) is 17.9 Å². The molecule has 7 N–H and O–H groups in total. The van der Waals surface area contributed by atoms with Gasteiger partial charge < -0.3 is 22.5 Å². The number of anilines is 2. The lowest BCUT2D eigenvalue weighted by Gasteiger charge is -2.10. The van der Waals surface area contributed by atoms with Crippen LogP contribution in [0.4, 0.5) is 11.4 Å². The van der Waals surface area contributed by atoms with Crippen LogP contribution in [0.2, 0.25) is 0 Å². The first-order valence-electron chi connectivity index (χ1n) is 8.25. The van der Waals surface area contributed by atoms with Crippen LogP contribution < -0.4 is 22.5 Å². The maximum Gasteiger partial charge on any atom is 0.253 e. The van der Waals surface area contributed by atoms with Gasteiger partial charge >= 0.3 is 0 Å². The van der Waals surface area contributed by atoms with E-state index < -0.39 is 5.91 Å². The molecule has 0 fully saturated rings. The van der Waals surface area contributed by atoms with E-state index in [0.717, 1.165) is 24.9 Å². The molecule has 25 heavy (non-hydrogen) atoms. The van der Waals surface area contributed by atoms with Crippen LogP contribution in [-0.4, -0.2) is 18.4 Å². The van der Waals surface area contributed by atoms with Crippen molar-refractivity contribution >= 4 is 23.2 Å². The standard InChI is InChI=1S/C19H24N4O2/c20-15-9-7-13(8-10-15)4-1-2-11-23-19(25)16-6-3-5-14(18(16)22)12-17(21)24/h3,5-10H,1-2,4,11-12,20,22H2,(H2,21,24)(H,23,25). The number of amides is 2. The quantitative estimate of drug-likeness (QED) is 0.430. The zero-order chi connectivity index (χ0) is 18.2. The smallest absolute Gasteiger partial charge is 0.253 e. The Labute approximate surface area is 147 Å². The van der Waals surface area contributed by atoms with Gasteiger partial charge in [0.15, 0.2) is 0 Å². The van der Waals surface area contributed by atoms with E-state index in [9.17, 15) is 9.59 Å². The van der Waals surface area contributed by atoms with Crippen molar-refractivity contribution in [2.75, 3.05) is 18.0 Å². The molecule has 2 aromatic rings. The molecule has 0 aliphatic carbocycles. The Kier molecular flexibility index (Phi) is 6.39. The van der Waals surface area contributed by atoms with Crippen molar-refractivity contribution in [2.24, 2.45) is 5.73 Å². The van der Waals surface area contributed by atoms with Crippen LogP contribution in [0, 0.1) is 0 Å². The van der Waals surface area contributed by atoms with Gasteiger partial charge in [-0.05, 0) is 48.6 Å². The minimum atomic E-state index is -0.480. The zero-order valence-corrected chi connectivity index (χ0v) is 14.1. The first-order chi connectivity index (χ1) is 12.0. The summed E-state index contributed by atoms with van der Waals surface area (Å²) in [5.41, 5.74) is 20.1. The maximum absolute atomic E-state index is 12.3. The molecule has 2 aromatic carbocycles. The van der Waals surface area contributed by atoms with E-state index in [1.807, 2.05) is 24.3 Å². The van der Waals surface area contributed by atoms with Crippen molar-refractivity contribution in [1.82, 2.24) is 5.32 Å². The molecule has 0 unspecified atom stereocenters. The third-order valence-electron chi connectivity index (χ3n) is 3.96. The molecule has 6 heteroatoms. The van der Waals surface area contributed by atoms with Crippen molar-refractivity contribution in [2.45, 2.75) is 25.7 Å². The average molecular weight is 340 g/mol. The average Bonchev–Trinajstić information content (AvgIpc) is 2.57. The molecular formula is C19H24N4O2. The predicted molar refractivity (Wildman–Crippen MR) is 99.9 cm³/mol. The topological polar surface area (TPSA) is 124 Å². The molecule has 132 valence electrons. The van der Waals surface area contributed by atoms with E-state index in [0.29, 0.717) is 23.4 Å². The normalized spacial score (nSPS) is 10.4. The number of hydrogen-bond donors (Lipinski definition) is 4. The fraction of sp³-hybridized carbons (Fsp3) is 0.263. The van der Waals surface area contributed by atoms with Crippen molar-refractivity contribution in [3.8, 4) is 0 Å². The summed E-state index contributed by atoms with van der Waals surface area (Å²) in [5.74, 6) is -0.719. The molecule has 6 nitrogen and oxygen atoms in total. The Hall–Kier alpha value is -3.02. The molecule has 0 aliphatic rings. The van der Waals surface area contributed by atoms with Gasteiger partial charge in [-0.2, -0.15) is 0 Å². The molecule has 0 heterocycles. The molecule has 2 rings (SSSR count). The second kappa shape index (κ2) is 8.73. The number of benzene rings is 2. The minimum Gasteiger partial charge on any atom is -0.399 e. The Morgan fingerprint density at radius 2 is 1.68 bits per heavy atom. The lowest BCUT2D eigenvalue weighted by atomic mass is 10.0. The van der Waals surface area contributed by atoms with Gasteiger partial charge in [0.1, 0.15) is 0 Å². The zero-order valence-electron chi connectivity index (χ0n) is 14.1. The van der Waals surface area contributed by atoms with E-state index in [-0.39, 0.29) is 12.3 Å². The molecule has 0 saturated carbocycles. The Morgan fingerprint density at radius 3 is 2.36 bits per heavy atom. The summed E-state index contributed by atoms with van der Waals surface area (Å²) in [5, 5.41) is 2.86. The molecular weight excluding hydrogens is 316 g/mol. The Morgan fingerprint density at radius 1 is 0.960 bits per heavy atom. The third kappa shape index (κ3) is 5.53. The summed E-state index contributed by atoms with van der Waals surface area (Å²) in [6.45, 7) is 0.563. The van der Waals surface area contributed by atoms with E-state index in [2.05, 4.69) is 5.32 Å². The molecule has 0 bridgehead atoms. The predicted octanol–water partition coefficient (Wildman–Crippen LogP) is 1.63. The van der Waals surface area contributed by atoms with Crippen molar-refractivity contribution in [3.05, 3.63) is 59.2 Å². The van der Waals surface area contributed by atoms with Crippen LogP contribution in [0.3, 0.4) is 0 Å². The lowest BCUT2D eigenvalue weighted by Crippen LogP contribution is -2.26. The largest absolute Gasteiger partial charge is 0.399 e. The molecule has 0 spiro atoms. The number of carbonyl (C=O) groups excluding carboxylic acids is 2. The van der Waals surface area contributed by atoms with Gasteiger partial charge in [-0.15, -0.1) is 0 Å². The third-order valence-corrected chi connectivity index (χ3v) is 3.96. The number of para-hydroxylation sites is 1. The number of hydrogen-bond acceptors (Lipinski definition) is 4. The van der Waals surface area contributed by atoms with Crippen molar-refractivity contribution < 1.29 is 9.59 Å². The molecule has 0 atom stereocenters. The number of carbonyl (C=O) groups is 2. The molecule has 2 amide bonds. The first kappa shape index (κ1) is 18.3. The van der Waals surface area contributed by atoms with Gasteiger partial charge in [-0.25, -0.2) is 0 Å². The van der Waals surface area contributed by atoms with Crippen LogP contribution >= 0.6 is 0 Å². The summed E-state index contributed by atoms with van der Waals surface area (Å²) in [7, 11) is 0. The summed E-state index contributed by atoms with van der Waals surface area (Å²) in [6.07, 6.45) is 2.78. The second-order valence-electron chi connectivity index (χ2n) is 5.98. The molecule has 0 saturated heterocycles. The van der Waals surface area contributed by atoms with Crippen LogP contribution in [0.5, 0.6) is 0 Å². The van der Waals surface area contributed by atoms with E-state index in [4.69, 9.17) is 17.2 Å². The van der Waals surface area contributed by atoms with Crippen LogP contribution in [0.15, 0.2) is 42.5 Å². The van der Waals surface area contributed by atoms with Crippen molar-refractivity contribution in [3.63, 3.8) is 0 Å². The summed E-state index contributed by atoms with van der Waals surface area (Å²) in [4.78, 5) is 23.3. The minimum absolute atomic E-state index is 0.0224. The Bertz CT molecular complexity index is 742. The fourth-order valence-corrected chi connectivity index (χ4v) is 2.59. The summed E-state index contributed by atoms with van der Waals surface area (Å²) < 4.78 is 0. The first-order valence-corrected chi connectivity index (χ1v) is 8.25. The highest BCUT2D eigenvalue weighted by Crippen LogP contribution is 2.18. The van der Waals surface area contributed by atoms with Crippen LogP contribution in [0.1, 0.15) is 34.3 Å². The lowest BCUT2D eigenvalue weighted by molar-refractivity contribution is -0.117. The highest BCUT2D eigenvalue weighted by Gasteiger charge is 2.13. The van der Waals surface area contributed by atoms with Crippen LogP contribution in [-0.2, 0) is 17.6 Å². The highest BCUT2D eigenvalue weighted by atomic mass is 16.2. The van der Waals surface area contributed by atoms with Gasteiger partial charge in [0.25, 0.3) is 5.91 Å².